The zero-order chi connectivity index (χ0) is 21.4. The maximum Gasteiger partial charge on any atom is 0.305 e. The molecule has 1 heterocycles. The average molecular weight is 488 g/mol. The first-order valence-electron chi connectivity index (χ1n) is 8.70. The van der Waals surface area contributed by atoms with Gasteiger partial charge in [0, 0.05) is 31.4 Å². The molecule has 0 saturated heterocycles. The van der Waals surface area contributed by atoms with E-state index in [-0.39, 0.29) is 21.9 Å². The highest BCUT2D eigenvalue weighted by Gasteiger charge is 2.20. The number of carbonyl (C=O) groups excluding carboxylic acids is 1. The number of esters is 1. The van der Waals surface area contributed by atoms with Crippen LogP contribution in [0.1, 0.15) is 19.8 Å². The molecule has 2 aromatic rings. The fraction of sp³-hybridized carbons (Fsp3) is 0.353. The van der Waals surface area contributed by atoms with Crippen LogP contribution in [0.15, 0.2) is 39.8 Å². The lowest BCUT2D eigenvalue weighted by atomic mass is 10.3. The van der Waals surface area contributed by atoms with E-state index < -0.39 is 10.0 Å². The van der Waals surface area contributed by atoms with E-state index in [0.717, 1.165) is 0 Å². The van der Waals surface area contributed by atoms with Gasteiger partial charge in [0.2, 0.25) is 5.95 Å². The van der Waals surface area contributed by atoms with Crippen molar-refractivity contribution in [1.29, 1.82) is 0 Å². The third kappa shape index (κ3) is 6.35. The van der Waals surface area contributed by atoms with Crippen LogP contribution >= 0.6 is 15.9 Å². The van der Waals surface area contributed by atoms with Gasteiger partial charge in [0.05, 0.1) is 16.5 Å². The number of rotatable bonds is 10. The number of aromatic nitrogens is 2. The molecule has 12 heteroatoms. The summed E-state index contributed by atoms with van der Waals surface area (Å²) in [5.74, 6) is 0.576. The molecule has 3 N–H and O–H groups in total. The molecule has 0 unspecified atom stereocenters. The quantitative estimate of drug-likeness (QED) is 0.262. The van der Waals surface area contributed by atoms with Crippen LogP contribution in [0.2, 0.25) is 0 Å². The third-order valence-corrected chi connectivity index (χ3v) is 6.04. The van der Waals surface area contributed by atoms with Gasteiger partial charge >= 0.3 is 5.97 Å². The second kappa shape index (κ2) is 10.5. The monoisotopic (exact) mass is 487 g/mol. The van der Waals surface area contributed by atoms with Gasteiger partial charge in [0.15, 0.2) is 0 Å². The van der Waals surface area contributed by atoms with Gasteiger partial charge in [-0.1, -0.05) is 4.47 Å². The smallest absolute Gasteiger partial charge is 0.305 e. The van der Waals surface area contributed by atoms with Crippen molar-refractivity contribution >= 4 is 49.4 Å². The number of benzene rings is 1. The fourth-order valence-corrected chi connectivity index (χ4v) is 3.62. The van der Waals surface area contributed by atoms with Crippen LogP contribution in [0.5, 0.6) is 0 Å². The zero-order valence-corrected chi connectivity index (χ0v) is 18.3. The molecule has 29 heavy (non-hydrogen) atoms. The lowest BCUT2D eigenvalue weighted by Gasteiger charge is -2.13. The van der Waals surface area contributed by atoms with E-state index in [9.17, 15) is 18.4 Å². The van der Waals surface area contributed by atoms with Crippen LogP contribution in [-0.4, -0.2) is 54.2 Å². The summed E-state index contributed by atoms with van der Waals surface area (Å²) in [5, 5.41) is 15.6. The first kappa shape index (κ1) is 23.0. The van der Waals surface area contributed by atoms with E-state index in [0.29, 0.717) is 41.3 Å². The second-order valence-corrected chi connectivity index (χ2v) is 8.49. The molecule has 0 atom stereocenters. The van der Waals surface area contributed by atoms with Gasteiger partial charge in [-0.2, -0.15) is 4.98 Å². The molecule has 0 spiro atoms. The maximum atomic E-state index is 12.1. The number of halogens is 1. The minimum atomic E-state index is -3.93. The van der Waals surface area contributed by atoms with Crippen LogP contribution in [0.4, 0.5) is 17.5 Å². The number of carbonyl (C=O) groups is 1. The molecule has 1 aromatic heterocycles. The predicted molar refractivity (Wildman–Crippen MR) is 111 cm³/mol. The highest BCUT2D eigenvalue weighted by molar-refractivity contribution is 9.10. The maximum absolute atomic E-state index is 12.1. The second-order valence-electron chi connectivity index (χ2n) is 5.79. The number of nitrogens with one attached hydrogen (secondary N) is 2. The lowest BCUT2D eigenvalue weighted by Crippen LogP contribution is -2.27. The summed E-state index contributed by atoms with van der Waals surface area (Å²) in [6.07, 6.45) is 2.46. The van der Waals surface area contributed by atoms with E-state index in [1.807, 2.05) is 0 Å². The van der Waals surface area contributed by atoms with Crippen molar-refractivity contribution < 1.29 is 23.2 Å². The molecule has 0 fully saturated rings. The van der Waals surface area contributed by atoms with E-state index >= 15 is 0 Å². The average Bonchev–Trinajstić information content (AvgIpc) is 2.72. The Labute approximate surface area is 177 Å². The van der Waals surface area contributed by atoms with Gasteiger partial charge in [-0.25, -0.2) is 13.4 Å². The lowest BCUT2D eigenvalue weighted by molar-refractivity contribution is -0.140. The predicted octanol–water partition coefficient (Wildman–Crippen LogP) is 2.75. The Bertz CT molecular complexity index is 940. The van der Waals surface area contributed by atoms with Crippen LogP contribution < -0.4 is 10.6 Å². The van der Waals surface area contributed by atoms with Gasteiger partial charge < -0.3 is 15.4 Å². The molecule has 0 radical (unpaired) electrons. The van der Waals surface area contributed by atoms with Crippen molar-refractivity contribution in [3.05, 3.63) is 34.9 Å². The molecule has 2 rings (SSSR count). The molecule has 10 nitrogen and oxygen atoms in total. The van der Waals surface area contributed by atoms with Crippen LogP contribution in [0.25, 0.3) is 0 Å². The molecular weight excluding hydrogens is 466 g/mol. The van der Waals surface area contributed by atoms with Crippen molar-refractivity contribution in [2.24, 2.45) is 0 Å². The molecule has 0 aliphatic carbocycles. The number of methoxy groups -OCH3 is 1. The Morgan fingerprint density at radius 1 is 1.31 bits per heavy atom. The SMILES string of the molecule is CCN(O)S(=O)(=O)c1ccc(Nc2ncc(Br)c(NCCCC(=O)OC)n2)cc1. The summed E-state index contributed by atoms with van der Waals surface area (Å²) in [6, 6.07) is 5.85. The highest BCUT2D eigenvalue weighted by atomic mass is 79.9. The van der Waals surface area contributed by atoms with Gasteiger partial charge in [-0.05, 0) is 53.5 Å². The number of ether oxygens (including phenoxy) is 1. The largest absolute Gasteiger partial charge is 0.469 e. The minimum Gasteiger partial charge on any atom is -0.469 e. The molecule has 0 aliphatic heterocycles. The topological polar surface area (TPSA) is 134 Å². The molecule has 1 aromatic carbocycles. The minimum absolute atomic E-state index is 0.0305. The van der Waals surface area contributed by atoms with Crippen molar-refractivity contribution in [1.82, 2.24) is 14.4 Å². The molecule has 158 valence electrons. The third-order valence-electron chi connectivity index (χ3n) is 3.78. The van der Waals surface area contributed by atoms with Gasteiger partial charge in [0.25, 0.3) is 10.0 Å². The summed E-state index contributed by atoms with van der Waals surface area (Å²) in [6.45, 7) is 2.00. The summed E-state index contributed by atoms with van der Waals surface area (Å²) >= 11 is 3.36. The van der Waals surface area contributed by atoms with E-state index in [4.69, 9.17) is 0 Å². The first-order valence-corrected chi connectivity index (χ1v) is 10.9. The van der Waals surface area contributed by atoms with Gasteiger partial charge in [-0.15, -0.1) is 0 Å². The van der Waals surface area contributed by atoms with Crippen LogP contribution in [0.3, 0.4) is 0 Å². The van der Waals surface area contributed by atoms with Gasteiger partial charge in [-0.3, -0.25) is 10.0 Å². The molecule has 0 amide bonds. The van der Waals surface area contributed by atoms with Crippen molar-refractivity contribution in [3.8, 4) is 0 Å². The Kier molecular flexibility index (Phi) is 8.32. The van der Waals surface area contributed by atoms with E-state index in [1.54, 1.807) is 18.3 Å². The highest BCUT2D eigenvalue weighted by Crippen LogP contribution is 2.23. The molecule has 0 bridgehead atoms. The standard InChI is InChI=1S/C17H22BrN5O5S/c1-3-23(25)29(26,27)13-8-6-12(7-9-13)21-17-20-11-14(18)16(22-17)19-10-4-5-15(24)28-2/h6-9,11,25H,3-5,10H2,1-2H3,(H2,19,20,21,22). The van der Waals surface area contributed by atoms with Crippen molar-refractivity contribution in [3.63, 3.8) is 0 Å². The number of hydroxylamine groups is 1. The Balaban J connectivity index is 2.04. The number of anilines is 3. The van der Waals surface area contributed by atoms with Crippen molar-refractivity contribution in [2.75, 3.05) is 30.8 Å². The zero-order valence-electron chi connectivity index (χ0n) is 15.9. The van der Waals surface area contributed by atoms with Gasteiger partial charge in [0.1, 0.15) is 5.82 Å². The normalized spacial score (nSPS) is 11.3. The molecule has 0 aliphatic rings. The summed E-state index contributed by atoms with van der Waals surface area (Å²) in [5.41, 5.74) is 0.573. The summed E-state index contributed by atoms with van der Waals surface area (Å²) < 4.78 is 29.7. The number of nitrogens with zero attached hydrogens (tertiary/aromatic N) is 3. The summed E-state index contributed by atoms with van der Waals surface area (Å²) in [4.78, 5) is 19.6. The van der Waals surface area contributed by atoms with Crippen LogP contribution in [-0.2, 0) is 19.6 Å². The number of sulfonamides is 1. The first-order chi connectivity index (χ1) is 13.8. The fourth-order valence-electron chi connectivity index (χ4n) is 2.22. The summed E-state index contributed by atoms with van der Waals surface area (Å²) in [7, 11) is -2.58. The van der Waals surface area contributed by atoms with Crippen LogP contribution in [0, 0.1) is 0 Å². The Hall–Kier alpha value is -2.28. The Morgan fingerprint density at radius 2 is 2.00 bits per heavy atom. The number of hydrogen-bond donors (Lipinski definition) is 3. The van der Waals surface area contributed by atoms with E-state index in [2.05, 4.69) is 41.3 Å². The number of hydrogen-bond acceptors (Lipinski definition) is 9. The molecule has 0 saturated carbocycles. The Morgan fingerprint density at radius 3 is 2.62 bits per heavy atom. The van der Waals surface area contributed by atoms with E-state index in [1.165, 1.54) is 26.2 Å². The van der Waals surface area contributed by atoms with Crippen molar-refractivity contribution in [2.45, 2.75) is 24.7 Å². The molecular formula is C17H22BrN5O5S.